The molecule has 0 bridgehead atoms. The summed E-state index contributed by atoms with van der Waals surface area (Å²) in [7, 11) is 0. The molecule has 43 heavy (non-hydrogen) atoms. The smallest absolute Gasteiger partial charge is 0.254 e. The largest absolute Gasteiger partial charge is 0.489 e. The predicted octanol–water partition coefficient (Wildman–Crippen LogP) is 4.26. The lowest BCUT2D eigenvalue weighted by molar-refractivity contribution is 0.0535. The van der Waals surface area contributed by atoms with Crippen molar-refractivity contribution in [3.8, 4) is 5.75 Å². The van der Waals surface area contributed by atoms with E-state index in [1.54, 1.807) is 11.0 Å². The molecule has 0 aromatic heterocycles. The minimum atomic E-state index is -0.399. The third kappa shape index (κ3) is 6.99. The van der Waals surface area contributed by atoms with Gasteiger partial charge in [0.15, 0.2) is 0 Å². The molecule has 2 N–H and O–H groups in total. The fraction of sp³-hybridized carbons (Fsp3) is 0.588. The minimum absolute atomic E-state index is 0.00331. The molecule has 2 amide bonds. The van der Waals surface area contributed by atoms with Crippen LogP contribution in [0, 0.1) is 11.7 Å². The summed E-state index contributed by atoms with van der Waals surface area (Å²) in [4.78, 5) is 32.8. The van der Waals surface area contributed by atoms with Crippen LogP contribution in [-0.4, -0.2) is 93.2 Å². The summed E-state index contributed by atoms with van der Waals surface area (Å²) in [6.07, 6.45) is 7.11. The zero-order chi connectivity index (χ0) is 29.8. The van der Waals surface area contributed by atoms with E-state index >= 15 is 0 Å². The minimum Gasteiger partial charge on any atom is -0.489 e. The lowest BCUT2D eigenvalue weighted by Crippen LogP contribution is -2.50. The topological polar surface area (TPSA) is 77.2 Å². The number of hydrogen-bond donors (Lipinski definition) is 2. The molecule has 9 heteroatoms. The average Bonchev–Trinajstić information content (AvgIpc) is 3.58. The molecule has 2 aromatic rings. The van der Waals surface area contributed by atoms with Crippen LogP contribution in [0.15, 0.2) is 36.4 Å². The highest BCUT2D eigenvalue weighted by Crippen LogP contribution is 2.41. The van der Waals surface area contributed by atoms with Crippen molar-refractivity contribution < 1.29 is 18.7 Å². The van der Waals surface area contributed by atoms with Gasteiger partial charge >= 0.3 is 0 Å². The predicted molar refractivity (Wildman–Crippen MR) is 167 cm³/mol. The third-order valence-corrected chi connectivity index (χ3v) is 9.90. The fourth-order valence-corrected chi connectivity index (χ4v) is 7.18. The number of nitrogens with one attached hydrogen (secondary N) is 2. The highest BCUT2D eigenvalue weighted by atomic mass is 19.1. The highest BCUT2D eigenvalue weighted by Gasteiger charge is 2.30. The van der Waals surface area contributed by atoms with E-state index in [0.29, 0.717) is 43.2 Å². The number of ether oxygens (including phenoxy) is 1. The van der Waals surface area contributed by atoms with Crippen LogP contribution in [0.25, 0.3) is 0 Å². The van der Waals surface area contributed by atoms with Crippen LogP contribution in [-0.2, 0) is 0 Å². The number of nitrogens with zero attached hydrogens (tertiary/aromatic N) is 3. The molecule has 232 valence electrons. The summed E-state index contributed by atoms with van der Waals surface area (Å²) in [6, 6.07) is 10.6. The summed E-state index contributed by atoms with van der Waals surface area (Å²) in [5.41, 5.74) is 2.97. The molecule has 4 aliphatic rings. The molecule has 2 aromatic carbocycles. The molecule has 1 aliphatic carbocycles. The van der Waals surface area contributed by atoms with Gasteiger partial charge in [0, 0.05) is 75.7 Å². The van der Waals surface area contributed by atoms with E-state index in [4.69, 9.17) is 4.74 Å². The monoisotopic (exact) mass is 591 g/mol. The number of piperazine rings is 2. The number of amides is 2. The van der Waals surface area contributed by atoms with Crippen LogP contribution in [0.3, 0.4) is 0 Å². The molecule has 8 nitrogen and oxygen atoms in total. The molecular weight excluding hydrogens is 545 g/mol. The molecular formula is C34H46FN5O3. The molecule has 3 saturated heterocycles. The number of benzene rings is 2. The van der Waals surface area contributed by atoms with Gasteiger partial charge in [-0.25, -0.2) is 4.39 Å². The maximum Gasteiger partial charge on any atom is 0.254 e. The SMILES string of the molecule is CCC1CCC(c2cc(C(=O)N3CCN(C(=O)c4cc(F)cc(N5CCNCC5)c4)CC3)ccc2OC2CCNC2)CC1. The van der Waals surface area contributed by atoms with E-state index in [9.17, 15) is 14.0 Å². The third-order valence-electron chi connectivity index (χ3n) is 9.90. The molecule has 1 unspecified atom stereocenters. The molecule has 3 aliphatic heterocycles. The van der Waals surface area contributed by atoms with Gasteiger partial charge in [0.1, 0.15) is 17.7 Å². The fourth-order valence-electron chi connectivity index (χ4n) is 7.18. The van der Waals surface area contributed by atoms with Gasteiger partial charge in [-0.05, 0) is 92.4 Å². The Bertz CT molecular complexity index is 1280. The van der Waals surface area contributed by atoms with Crippen molar-refractivity contribution in [1.82, 2.24) is 20.4 Å². The van der Waals surface area contributed by atoms with Crippen LogP contribution in [0.2, 0.25) is 0 Å². The van der Waals surface area contributed by atoms with Gasteiger partial charge in [0.05, 0.1) is 0 Å². The number of anilines is 1. The second-order valence-electron chi connectivity index (χ2n) is 12.6. The number of carbonyl (C=O) groups excluding carboxylic acids is 2. The van der Waals surface area contributed by atoms with E-state index in [0.717, 1.165) is 75.9 Å². The van der Waals surface area contributed by atoms with Crippen molar-refractivity contribution in [3.63, 3.8) is 0 Å². The van der Waals surface area contributed by atoms with Gasteiger partial charge < -0.3 is 30.1 Å². The van der Waals surface area contributed by atoms with Gasteiger partial charge in [0.25, 0.3) is 11.8 Å². The summed E-state index contributed by atoms with van der Waals surface area (Å²) < 4.78 is 21.0. The van der Waals surface area contributed by atoms with Crippen molar-refractivity contribution in [3.05, 3.63) is 58.9 Å². The maximum atomic E-state index is 14.5. The van der Waals surface area contributed by atoms with Gasteiger partial charge in [-0.2, -0.15) is 0 Å². The zero-order valence-electron chi connectivity index (χ0n) is 25.5. The van der Waals surface area contributed by atoms with Crippen molar-refractivity contribution in [1.29, 1.82) is 0 Å². The zero-order valence-corrected chi connectivity index (χ0v) is 25.5. The first kappa shape index (κ1) is 29.9. The number of hydrogen-bond acceptors (Lipinski definition) is 6. The van der Waals surface area contributed by atoms with Crippen LogP contribution < -0.4 is 20.3 Å². The number of halogens is 1. The first-order chi connectivity index (χ1) is 21.0. The molecule has 0 radical (unpaired) electrons. The lowest BCUT2D eigenvalue weighted by Gasteiger charge is -2.35. The maximum absolute atomic E-state index is 14.5. The molecule has 6 rings (SSSR count). The van der Waals surface area contributed by atoms with Crippen molar-refractivity contribution in [2.24, 2.45) is 5.92 Å². The average molecular weight is 592 g/mol. The van der Waals surface area contributed by atoms with Crippen molar-refractivity contribution in [2.45, 2.75) is 57.5 Å². The Morgan fingerprint density at radius 3 is 2.16 bits per heavy atom. The summed E-state index contributed by atoms with van der Waals surface area (Å²) >= 11 is 0. The van der Waals surface area contributed by atoms with E-state index in [-0.39, 0.29) is 17.9 Å². The number of carbonyl (C=O) groups is 2. The summed E-state index contributed by atoms with van der Waals surface area (Å²) in [5.74, 6) is 1.54. The highest BCUT2D eigenvalue weighted by molar-refractivity contribution is 5.96. The van der Waals surface area contributed by atoms with E-state index < -0.39 is 5.82 Å². The normalized spacial score (nSPS) is 24.7. The van der Waals surface area contributed by atoms with Crippen molar-refractivity contribution >= 4 is 17.5 Å². The molecule has 4 fully saturated rings. The molecule has 1 saturated carbocycles. The lowest BCUT2D eigenvalue weighted by atomic mass is 9.77. The van der Waals surface area contributed by atoms with Crippen LogP contribution in [0.1, 0.15) is 77.6 Å². The second kappa shape index (κ2) is 13.6. The molecule has 3 heterocycles. The standard InChI is InChI=1S/C34H46FN5O3/c1-2-24-3-5-25(6-4-24)31-21-26(7-8-32(31)43-30-9-10-37-23-30)33(41)39-15-17-40(18-16-39)34(42)27-19-28(35)22-29(20-27)38-13-11-36-12-14-38/h7-8,19-22,24-25,30,36-37H,2-6,9-18,23H2,1H3. The Morgan fingerprint density at radius 1 is 0.814 bits per heavy atom. The van der Waals surface area contributed by atoms with Crippen LogP contribution in [0.5, 0.6) is 5.75 Å². The van der Waals surface area contributed by atoms with E-state index in [1.807, 2.05) is 17.0 Å². The van der Waals surface area contributed by atoms with Crippen LogP contribution in [0.4, 0.5) is 10.1 Å². The van der Waals surface area contributed by atoms with Gasteiger partial charge in [-0.15, -0.1) is 0 Å². The summed E-state index contributed by atoms with van der Waals surface area (Å²) in [5, 5.41) is 6.69. The Morgan fingerprint density at radius 2 is 1.51 bits per heavy atom. The van der Waals surface area contributed by atoms with Gasteiger partial charge in [0.2, 0.25) is 0 Å². The Hall–Kier alpha value is -3.17. The second-order valence-corrected chi connectivity index (χ2v) is 12.6. The molecule has 0 spiro atoms. The van der Waals surface area contributed by atoms with E-state index in [2.05, 4.69) is 28.5 Å². The first-order valence-corrected chi connectivity index (χ1v) is 16.3. The van der Waals surface area contributed by atoms with Gasteiger partial charge in [-0.1, -0.05) is 13.3 Å². The van der Waals surface area contributed by atoms with Crippen LogP contribution >= 0.6 is 0 Å². The molecule has 1 atom stereocenters. The summed E-state index contributed by atoms with van der Waals surface area (Å²) in [6.45, 7) is 9.11. The Balaban J connectivity index is 1.12. The Labute approximate surface area is 254 Å². The quantitative estimate of drug-likeness (QED) is 0.501. The Kier molecular flexibility index (Phi) is 9.48. The van der Waals surface area contributed by atoms with Crippen molar-refractivity contribution in [2.75, 3.05) is 70.3 Å². The van der Waals surface area contributed by atoms with E-state index in [1.165, 1.54) is 37.0 Å². The number of rotatable bonds is 7. The first-order valence-electron chi connectivity index (χ1n) is 16.3. The van der Waals surface area contributed by atoms with Gasteiger partial charge in [-0.3, -0.25) is 9.59 Å².